The lowest BCUT2D eigenvalue weighted by Crippen LogP contribution is -2.41. The molecule has 0 aliphatic carbocycles. The molecule has 1 atom stereocenters. The van der Waals surface area contributed by atoms with Crippen LogP contribution in [0.2, 0.25) is 10.4 Å². The summed E-state index contributed by atoms with van der Waals surface area (Å²) in [5, 5.41) is 9.88. The zero-order valence-corrected chi connectivity index (χ0v) is 11.0. The molecular weight excluding hydrogens is 261 g/mol. The van der Waals surface area contributed by atoms with Crippen LogP contribution in [0.25, 0.3) is 0 Å². The quantitative estimate of drug-likeness (QED) is 0.678. The molecule has 1 aliphatic heterocycles. The van der Waals surface area contributed by atoms with E-state index in [2.05, 4.69) is 14.9 Å². The van der Waals surface area contributed by atoms with Gasteiger partial charge in [-0.05, 0) is 31.0 Å². The molecular formula is C11H15Cl2N3O. The minimum atomic E-state index is 0.163. The molecule has 2 heterocycles. The van der Waals surface area contributed by atoms with Gasteiger partial charge in [-0.15, -0.1) is 0 Å². The molecule has 1 saturated heterocycles. The average molecular weight is 276 g/mol. The summed E-state index contributed by atoms with van der Waals surface area (Å²) in [5.41, 5.74) is 0.858. The largest absolute Gasteiger partial charge is 0.395 e. The smallest absolute Gasteiger partial charge is 0.223 e. The van der Waals surface area contributed by atoms with E-state index in [1.54, 1.807) is 6.20 Å². The summed E-state index contributed by atoms with van der Waals surface area (Å²) in [6.45, 7) is 1.83. The lowest BCUT2D eigenvalue weighted by atomic mass is 10.0. The third kappa shape index (κ3) is 3.28. The number of nitrogens with zero attached hydrogens (tertiary/aromatic N) is 3. The van der Waals surface area contributed by atoms with Gasteiger partial charge in [-0.3, -0.25) is 4.90 Å². The maximum absolute atomic E-state index is 9.33. The number of hydrogen-bond donors (Lipinski definition) is 1. The van der Waals surface area contributed by atoms with Crippen LogP contribution in [0.1, 0.15) is 24.8 Å². The summed E-state index contributed by atoms with van der Waals surface area (Å²) in [6, 6.07) is 0.218. The van der Waals surface area contributed by atoms with Crippen LogP contribution in [-0.2, 0) is 6.54 Å². The predicted octanol–water partition coefficient (Wildman–Crippen LogP) is 2.13. The summed E-state index contributed by atoms with van der Waals surface area (Å²) >= 11 is 11.7. The molecule has 0 radical (unpaired) electrons. The molecule has 0 amide bonds. The first kappa shape index (κ1) is 13.0. The summed E-state index contributed by atoms with van der Waals surface area (Å²) in [5.74, 6) is 0. The van der Waals surface area contributed by atoms with Crippen molar-refractivity contribution in [3.63, 3.8) is 0 Å². The molecule has 1 aromatic rings. The Labute approximate surface area is 111 Å². The fourth-order valence-electron chi connectivity index (χ4n) is 2.17. The Morgan fingerprint density at radius 3 is 2.94 bits per heavy atom. The van der Waals surface area contributed by atoms with Gasteiger partial charge in [0.15, 0.2) is 0 Å². The fourth-order valence-corrected chi connectivity index (χ4v) is 2.53. The van der Waals surface area contributed by atoms with E-state index in [4.69, 9.17) is 23.2 Å². The topological polar surface area (TPSA) is 49.2 Å². The van der Waals surface area contributed by atoms with Crippen LogP contribution in [0.4, 0.5) is 0 Å². The number of hydrogen-bond acceptors (Lipinski definition) is 4. The van der Waals surface area contributed by atoms with Gasteiger partial charge >= 0.3 is 0 Å². The molecule has 2 rings (SSSR count). The zero-order valence-electron chi connectivity index (χ0n) is 9.44. The molecule has 0 aromatic carbocycles. The Kier molecular flexibility index (Phi) is 4.56. The summed E-state index contributed by atoms with van der Waals surface area (Å²) in [6.07, 6.45) is 5.01. The van der Waals surface area contributed by atoms with E-state index in [9.17, 15) is 5.11 Å². The van der Waals surface area contributed by atoms with Crippen LogP contribution < -0.4 is 0 Å². The first-order chi connectivity index (χ1) is 8.20. The second kappa shape index (κ2) is 5.96. The van der Waals surface area contributed by atoms with Crippen molar-refractivity contribution in [2.24, 2.45) is 0 Å². The highest BCUT2D eigenvalue weighted by molar-refractivity contribution is 6.32. The molecule has 0 unspecified atom stereocenters. The number of likely N-dealkylation sites (tertiary alicyclic amines) is 1. The standard InChI is InChI=1S/C11H15Cl2N3O/c12-10-8(5-14-11(13)15-10)6-16-4-2-1-3-9(16)7-17/h5,9,17H,1-4,6-7H2/t9-/m1/s1. The fraction of sp³-hybridized carbons (Fsp3) is 0.636. The van der Waals surface area contributed by atoms with Crippen molar-refractivity contribution in [1.82, 2.24) is 14.9 Å². The molecule has 6 heteroatoms. The van der Waals surface area contributed by atoms with Gasteiger partial charge in [-0.1, -0.05) is 18.0 Å². The van der Waals surface area contributed by atoms with E-state index in [0.29, 0.717) is 11.7 Å². The van der Waals surface area contributed by atoms with E-state index >= 15 is 0 Å². The van der Waals surface area contributed by atoms with Gasteiger partial charge in [-0.25, -0.2) is 9.97 Å². The highest BCUT2D eigenvalue weighted by Gasteiger charge is 2.22. The second-order valence-corrected chi connectivity index (χ2v) is 4.95. The van der Waals surface area contributed by atoms with E-state index in [1.165, 1.54) is 6.42 Å². The SMILES string of the molecule is OC[C@H]1CCCCN1Cc1cnc(Cl)nc1Cl. The summed E-state index contributed by atoms with van der Waals surface area (Å²) < 4.78 is 0. The molecule has 1 aromatic heterocycles. The van der Waals surface area contributed by atoms with Crippen molar-refractivity contribution in [3.05, 3.63) is 22.2 Å². The van der Waals surface area contributed by atoms with Crippen LogP contribution in [-0.4, -0.2) is 39.2 Å². The molecule has 1 aliphatic rings. The summed E-state index contributed by atoms with van der Waals surface area (Å²) in [7, 11) is 0. The van der Waals surface area contributed by atoms with Crippen molar-refractivity contribution in [2.75, 3.05) is 13.2 Å². The van der Waals surface area contributed by atoms with E-state index < -0.39 is 0 Å². The van der Waals surface area contributed by atoms with Gasteiger partial charge < -0.3 is 5.11 Å². The average Bonchev–Trinajstić information content (AvgIpc) is 2.33. The second-order valence-electron chi connectivity index (χ2n) is 4.26. The van der Waals surface area contributed by atoms with Crippen molar-refractivity contribution in [3.8, 4) is 0 Å². The van der Waals surface area contributed by atoms with Gasteiger partial charge in [0.25, 0.3) is 0 Å². The highest BCUT2D eigenvalue weighted by atomic mass is 35.5. The third-order valence-electron chi connectivity index (χ3n) is 3.12. The number of aliphatic hydroxyl groups is 1. The molecule has 4 nitrogen and oxygen atoms in total. The van der Waals surface area contributed by atoms with Gasteiger partial charge in [0.2, 0.25) is 5.28 Å². The Bertz CT molecular complexity index is 389. The van der Waals surface area contributed by atoms with Gasteiger partial charge in [0.1, 0.15) is 5.15 Å². The maximum atomic E-state index is 9.33. The van der Waals surface area contributed by atoms with Crippen LogP contribution >= 0.6 is 23.2 Å². The van der Waals surface area contributed by atoms with Crippen LogP contribution in [0.15, 0.2) is 6.20 Å². The molecule has 17 heavy (non-hydrogen) atoms. The Morgan fingerprint density at radius 2 is 2.24 bits per heavy atom. The van der Waals surface area contributed by atoms with E-state index in [-0.39, 0.29) is 17.9 Å². The van der Waals surface area contributed by atoms with E-state index in [1.807, 2.05) is 0 Å². The molecule has 0 spiro atoms. The molecule has 0 bridgehead atoms. The zero-order chi connectivity index (χ0) is 12.3. The van der Waals surface area contributed by atoms with Gasteiger partial charge in [0, 0.05) is 24.3 Å². The molecule has 1 N–H and O–H groups in total. The molecule has 0 saturated carbocycles. The monoisotopic (exact) mass is 275 g/mol. The van der Waals surface area contributed by atoms with Gasteiger partial charge in [0.05, 0.1) is 6.61 Å². The number of aliphatic hydroxyl groups excluding tert-OH is 1. The Morgan fingerprint density at radius 1 is 1.41 bits per heavy atom. The molecule has 1 fully saturated rings. The number of aromatic nitrogens is 2. The first-order valence-electron chi connectivity index (χ1n) is 5.72. The summed E-state index contributed by atoms with van der Waals surface area (Å²) in [4.78, 5) is 10.1. The predicted molar refractivity (Wildman–Crippen MR) is 67.2 cm³/mol. The van der Waals surface area contributed by atoms with Crippen LogP contribution in [0, 0.1) is 0 Å². The maximum Gasteiger partial charge on any atom is 0.223 e. The van der Waals surface area contributed by atoms with Crippen LogP contribution in [0.5, 0.6) is 0 Å². The minimum absolute atomic E-state index is 0.163. The third-order valence-corrected chi connectivity index (χ3v) is 3.62. The number of rotatable bonds is 3. The van der Waals surface area contributed by atoms with Crippen molar-refractivity contribution in [2.45, 2.75) is 31.8 Å². The highest BCUT2D eigenvalue weighted by Crippen LogP contribution is 2.22. The Hall–Kier alpha value is -0.420. The van der Waals surface area contributed by atoms with Crippen molar-refractivity contribution < 1.29 is 5.11 Å². The number of piperidine rings is 1. The molecule has 94 valence electrons. The van der Waals surface area contributed by atoms with E-state index in [0.717, 1.165) is 24.9 Å². The number of halogens is 2. The lowest BCUT2D eigenvalue weighted by Gasteiger charge is -2.34. The minimum Gasteiger partial charge on any atom is -0.395 e. The van der Waals surface area contributed by atoms with Gasteiger partial charge in [-0.2, -0.15) is 0 Å². The normalized spacial score (nSPS) is 21.7. The lowest BCUT2D eigenvalue weighted by molar-refractivity contribution is 0.0840. The Balaban J connectivity index is 2.08. The first-order valence-corrected chi connectivity index (χ1v) is 6.48. The van der Waals surface area contributed by atoms with Crippen molar-refractivity contribution >= 4 is 23.2 Å². The van der Waals surface area contributed by atoms with Crippen molar-refractivity contribution in [1.29, 1.82) is 0 Å². The van der Waals surface area contributed by atoms with Crippen LogP contribution in [0.3, 0.4) is 0 Å².